The molecule has 1 fully saturated rings. The molecule has 2 heterocycles. The van der Waals surface area contributed by atoms with Gasteiger partial charge in [0.2, 0.25) is 5.91 Å². The topological polar surface area (TPSA) is 35.6 Å². The molecule has 1 N–H and O–H groups in total. The molecular weight excluding hydrogens is 270 g/mol. The van der Waals surface area contributed by atoms with Crippen molar-refractivity contribution in [2.45, 2.75) is 6.54 Å². The Hall–Kier alpha value is -0.620. The normalized spacial score (nSPS) is 15.6. The fraction of sp³-hybridized carbons (Fsp3) is 0.583. The summed E-state index contributed by atoms with van der Waals surface area (Å²) in [5.41, 5.74) is 1.28. The van der Waals surface area contributed by atoms with Crippen molar-refractivity contribution in [2.24, 2.45) is 0 Å². The number of hydrogen-bond acceptors (Lipinski definition) is 4. The Morgan fingerprint density at radius 2 is 2.22 bits per heavy atom. The van der Waals surface area contributed by atoms with E-state index >= 15 is 0 Å². The molecule has 0 atom stereocenters. The molecule has 1 saturated heterocycles. The number of thiophene rings is 1. The zero-order chi connectivity index (χ0) is 12.1. The maximum absolute atomic E-state index is 12.0. The Labute approximate surface area is 118 Å². The maximum Gasteiger partial charge on any atom is 0.236 e. The number of carbonyl (C=O) groups is 1. The minimum Gasteiger partial charge on any atom is -0.339 e. The molecule has 0 bridgehead atoms. The molecule has 102 valence electrons. The zero-order valence-electron chi connectivity index (χ0n) is 10.6. The summed E-state index contributed by atoms with van der Waals surface area (Å²) in [4.78, 5) is 16.0. The number of nitrogens with one attached hydrogen (secondary N) is 1. The van der Waals surface area contributed by atoms with Crippen LogP contribution in [-0.2, 0) is 11.3 Å². The van der Waals surface area contributed by atoms with Crippen LogP contribution in [0.4, 0.5) is 0 Å². The Balaban J connectivity index is 0.00000162. The van der Waals surface area contributed by atoms with Crippen LogP contribution in [0.1, 0.15) is 5.56 Å². The van der Waals surface area contributed by atoms with Crippen LogP contribution in [-0.4, -0.2) is 55.5 Å². The lowest BCUT2D eigenvalue weighted by Gasteiger charge is -2.29. The van der Waals surface area contributed by atoms with E-state index in [1.165, 1.54) is 5.56 Å². The smallest absolute Gasteiger partial charge is 0.236 e. The lowest BCUT2D eigenvalue weighted by Crippen LogP contribution is -2.49. The van der Waals surface area contributed by atoms with Gasteiger partial charge in [-0.2, -0.15) is 11.3 Å². The van der Waals surface area contributed by atoms with Crippen molar-refractivity contribution in [3.05, 3.63) is 22.4 Å². The minimum absolute atomic E-state index is 0. The number of piperazine rings is 1. The molecule has 0 radical (unpaired) electrons. The number of likely N-dealkylation sites (N-methyl/N-ethyl adjacent to an activating group) is 1. The Morgan fingerprint density at radius 1 is 1.50 bits per heavy atom. The van der Waals surface area contributed by atoms with Crippen LogP contribution >= 0.6 is 23.7 Å². The van der Waals surface area contributed by atoms with Crippen LogP contribution in [0, 0.1) is 0 Å². The molecule has 1 aromatic heterocycles. The summed E-state index contributed by atoms with van der Waals surface area (Å²) >= 11 is 1.70. The van der Waals surface area contributed by atoms with Gasteiger partial charge in [-0.25, -0.2) is 0 Å². The molecule has 0 spiro atoms. The quantitative estimate of drug-likeness (QED) is 0.899. The summed E-state index contributed by atoms with van der Waals surface area (Å²) in [5.74, 6) is 0.240. The average molecular weight is 290 g/mol. The van der Waals surface area contributed by atoms with Gasteiger partial charge >= 0.3 is 0 Å². The van der Waals surface area contributed by atoms with Crippen molar-refractivity contribution in [2.75, 3.05) is 39.8 Å². The summed E-state index contributed by atoms with van der Waals surface area (Å²) in [6.07, 6.45) is 0. The van der Waals surface area contributed by atoms with Crippen molar-refractivity contribution in [3.63, 3.8) is 0 Å². The first kappa shape index (κ1) is 15.4. The fourth-order valence-corrected chi connectivity index (χ4v) is 2.66. The highest BCUT2D eigenvalue weighted by atomic mass is 35.5. The summed E-state index contributed by atoms with van der Waals surface area (Å²) in [6, 6.07) is 2.11. The van der Waals surface area contributed by atoms with Crippen LogP contribution in [0.25, 0.3) is 0 Å². The largest absolute Gasteiger partial charge is 0.339 e. The molecule has 18 heavy (non-hydrogen) atoms. The molecular formula is C12H20ClN3OS. The minimum atomic E-state index is 0. The molecule has 0 aliphatic carbocycles. The summed E-state index contributed by atoms with van der Waals surface area (Å²) in [7, 11) is 2.00. The van der Waals surface area contributed by atoms with E-state index in [1.54, 1.807) is 11.3 Å². The summed E-state index contributed by atoms with van der Waals surface area (Å²) in [5, 5.41) is 7.45. The maximum atomic E-state index is 12.0. The monoisotopic (exact) mass is 289 g/mol. The van der Waals surface area contributed by atoms with E-state index in [9.17, 15) is 4.79 Å². The fourth-order valence-electron chi connectivity index (χ4n) is 2.00. The molecule has 0 unspecified atom stereocenters. The number of hydrogen-bond donors (Lipinski definition) is 1. The highest BCUT2D eigenvalue weighted by Gasteiger charge is 2.17. The van der Waals surface area contributed by atoms with Gasteiger partial charge in [0, 0.05) is 32.7 Å². The highest BCUT2D eigenvalue weighted by molar-refractivity contribution is 7.07. The molecule has 4 nitrogen and oxygen atoms in total. The number of carbonyl (C=O) groups excluding carboxylic acids is 1. The molecule has 0 aromatic carbocycles. The van der Waals surface area contributed by atoms with E-state index in [-0.39, 0.29) is 18.3 Å². The van der Waals surface area contributed by atoms with Crippen molar-refractivity contribution >= 4 is 29.7 Å². The molecule has 2 rings (SSSR count). The van der Waals surface area contributed by atoms with Gasteiger partial charge in [0.05, 0.1) is 6.54 Å². The van der Waals surface area contributed by atoms with Crippen molar-refractivity contribution < 1.29 is 4.79 Å². The Bertz CT molecular complexity index is 352. The van der Waals surface area contributed by atoms with Gasteiger partial charge in [0.15, 0.2) is 0 Å². The molecule has 1 aromatic rings. The van der Waals surface area contributed by atoms with E-state index in [0.29, 0.717) is 6.54 Å². The van der Waals surface area contributed by atoms with E-state index in [1.807, 2.05) is 11.9 Å². The average Bonchev–Trinajstić information content (AvgIpc) is 2.82. The second kappa shape index (κ2) is 7.74. The molecule has 6 heteroatoms. The van der Waals surface area contributed by atoms with Crippen LogP contribution in [0.5, 0.6) is 0 Å². The van der Waals surface area contributed by atoms with E-state index in [2.05, 4.69) is 27.0 Å². The second-order valence-electron chi connectivity index (χ2n) is 4.43. The second-order valence-corrected chi connectivity index (χ2v) is 5.21. The predicted molar refractivity (Wildman–Crippen MR) is 77.4 cm³/mol. The number of halogens is 1. The number of rotatable bonds is 4. The van der Waals surface area contributed by atoms with Gasteiger partial charge < -0.3 is 10.2 Å². The lowest BCUT2D eigenvalue weighted by atomic mass is 10.3. The van der Waals surface area contributed by atoms with Crippen LogP contribution in [0.3, 0.4) is 0 Å². The van der Waals surface area contributed by atoms with Gasteiger partial charge in [-0.05, 0) is 29.4 Å². The lowest BCUT2D eigenvalue weighted by molar-refractivity contribution is -0.132. The van der Waals surface area contributed by atoms with Gasteiger partial charge in [0.1, 0.15) is 0 Å². The third-order valence-corrected chi connectivity index (χ3v) is 3.64. The van der Waals surface area contributed by atoms with Gasteiger partial charge in [0.25, 0.3) is 0 Å². The van der Waals surface area contributed by atoms with Crippen molar-refractivity contribution in [3.8, 4) is 0 Å². The summed E-state index contributed by atoms with van der Waals surface area (Å²) < 4.78 is 0. The SMILES string of the molecule is CN(CC(=O)N1CCNCC1)Cc1ccsc1.Cl. The Kier molecular flexibility index (Phi) is 6.63. The van der Waals surface area contributed by atoms with E-state index < -0.39 is 0 Å². The van der Waals surface area contributed by atoms with Crippen molar-refractivity contribution in [1.29, 1.82) is 0 Å². The Morgan fingerprint density at radius 3 is 2.83 bits per heavy atom. The van der Waals surface area contributed by atoms with Crippen LogP contribution < -0.4 is 5.32 Å². The van der Waals surface area contributed by atoms with Crippen LogP contribution in [0.2, 0.25) is 0 Å². The predicted octanol–water partition coefficient (Wildman–Crippen LogP) is 1.03. The van der Waals surface area contributed by atoms with Gasteiger partial charge in [-0.15, -0.1) is 12.4 Å². The summed E-state index contributed by atoms with van der Waals surface area (Å²) in [6.45, 7) is 4.87. The molecule has 0 saturated carbocycles. The standard InChI is InChI=1S/C12H19N3OS.ClH/c1-14(8-11-2-7-17-10-11)9-12(16)15-5-3-13-4-6-15;/h2,7,10,13H,3-6,8-9H2,1H3;1H. The number of amides is 1. The first-order valence-electron chi connectivity index (χ1n) is 5.94. The zero-order valence-corrected chi connectivity index (χ0v) is 12.2. The first-order valence-corrected chi connectivity index (χ1v) is 6.88. The van der Waals surface area contributed by atoms with Gasteiger partial charge in [-0.3, -0.25) is 9.69 Å². The van der Waals surface area contributed by atoms with Crippen LogP contribution in [0.15, 0.2) is 16.8 Å². The van der Waals surface area contributed by atoms with Gasteiger partial charge in [-0.1, -0.05) is 0 Å². The molecule has 1 aliphatic heterocycles. The first-order chi connectivity index (χ1) is 8.25. The third-order valence-electron chi connectivity index (χ3n) is 2.91. The van der Waals surface area contributed by atoms with E-state index in [0.717, 1.165) is 32.7 Å². The highest BCUT2D eigenvalue weighted by Crippen LogP contribution is 2.08. The molecule has 1 aliphatic rings. The van der Waals surface area contributed by atoms with E-state index in [4.69, 9.17) is 0 Å². The third kappa shape index (κ3) is 4.57. The number of nitrogens with zero attached hydrogens (tertiary/aromatic N) is 2. The van der Waals surface area contributed by atoms with Crippen molar-refractivity contribution in [1.82, 2.24) is 15.1 Å². The molecule has 1 amide bonds.